The molecule has 0 spiro atoms. The molecule has 61 heavy (non-hydrogen) atoms. The van der Waals surface area contributed by atoms with Crippen molar-refractivity contribution in [2.24, 2.45) is 0 Å². The van der Waals surface area contributed by atoms with Crippen LogP contribution in [0, 0.1) is 0 Å². The molecule has 9 aromatic carbocycles. The fourth-order valence-corrected chi connectivity index (χ4v) is 8.81. The Hall–Kier alpha value is -8.35. The molecule has 0 aliphatic carbocycles. The quantitative estimate of drug-likeness (QED) is 0.168. The maximum atomic E-state index is 6.55. The van der Waals surface area contributed by atoms with Crippen LogP contribution in [0.3, 0.4) is 0 Å². The third kappa shape index (κ3) is 5.84. The molecule has 3 heterocycles. The van der Waals surface area contributed by atoms with Crippen LogP contribution < -0.4 is 9.64 Å². The van der Waals surface area contributed by atoms with Crippen LogP contribution in [0.15, 0.2) is 212 Å². The first-order chi connectivity index (χ1) is 30.2. The molecule has 0 saturated heterocycles. The second-order valence-electron chi connectivity index (χ2n) is 15.2. The lowest BCUT2D eigenvalue weighted by Gasteiger charge is -2.33. The Labute approximate surface area is 352 Å². The van der Waals surface area contributed by atoms with Crippen LogP contribution in [-0.4, -0.2) is 19.5 Å². The van der Waals surface area contributed by atoms with E-state index in [1.165, 1.54) is 0 Å². The molecule has 1 aliphatic heterocycles. The molecular formula is C55H35N5O. The lowest BCUT2D eigenvalue weighted by atomic mass is 9.96. The minimum Gasteiger partial charge on any atom is -0.453 e. The van der Waals surface area contributed by atoms with Crippen molar-refractivity contribution < 1.29 is 4.74 Å². The standard InChI is InChI=1S/C55H35N5O/c1-4-15-36(16-5-1)37-27-29-40(30-28-37)54-56-53(39-18-6-2-7-19-39)57-55(58-54)60-46-25-14-23-44(52(46)51-43-22-11-10-17-38(43)31-33-47(51)60)41-32-34-50-48(35-41)59(42-20-8-3-9-21-42)45-24-12-13-26-49(45)61-50/h1-35H. The number of hydrogen-bond donors (Lipinski definition) is 0. The van der Waals surface area contributed by atoms with E-state index in [1.54, 1.807) is 0 Å². The topological polar surface area (TPSA) is 56.1 Å². The van der Waals surface area contributed by atoms with Crippen molar-refractivity contribution >= 4 is 49.6 Å². The highest BCUT2D eigenvalue weighted by Gasteiger charge is 2.27. The van der Waals surface area contributed by atoms with Crippen molar-refractivity contribution in [2.75, 3.05) is 4.90 Å². The molecule has 0 atom stereocenters. The van der Waals surface area contributed by atoms with Gasteiger partial charge in [-0.25, -0.2) is 4.98 Å². The molecule has 0 unspecified atom stereocenters. The van der Waals surface area contributed by atoms with Gasteiger partial charge in [-0.2, -0.15) is 9.97 Å². The van der Waals surface area contributed by atoms with E-state index in [2.05, 4.69) is 179 Å². The Bertz CT molecular complexity index is 3440. The number of anilines is 3. The van der Waals surface area contributed by atoms with Gasteiger partial charge in [-0.15, -0.1) is 0 Å². The molecule has 11 aromatic rings. The van der Waals surface area contributed by atoms with E-state index in [9.17, 15) is 0 Å². The number of nitrogens with zero attached hydrogens (tertiary/aromatic N) is 5. The molecule has 0 amide bonds. The van der Waals surface area contributed by atoms with E-state index < -0.39 is 0 Å². The molecule has 286 valence electrons. The lowest BCUT2D eigenvalue weighted by molar-refractivity contribution is 0.477. The molecule has 12 rings (SSSR count). The van der Waals surface area contributed by atoms with Crippen molar-refractivity contribution in [3.63, 3.8) is 0 Å². The monoisotopic (exact) mass is 781 g/mol. The van der Waals surface area contributed by atoms with Gasteiger partial charge >= 0.3 is 0 Å². The van der Waals surface area contributed by atoms with E-state index in [-0.39, 0.29) is 0 Å². The summed E-state index contributed by atoms with van der Waals surface area (Å²) in [5.74, 6) is 3.38. The van der Waals surface area contributed by atoms with Gasteiger partial charge in [0.1, 0.15) is 0 Å². The predicted octanol–water partition coefficient (Wildman–Crippen LogP) is 14.4. The SMILES string of the molecule is c1ccc(-c2ccc(-c3nc(-c4ccccc4)nc(-n4c5cccc(-c6ccc7c(c6)N(c6ccccc6)c6ccccc6O7)c5c5c6ccccc6ccc54)n3)cc2)cc1. The smallest absolute Gasteiger partial charge is 0.238 e. The van der Waals surface area contributed by atoms with Gasteiger partial charge in [-0.1, -0.05) is 164 Å². The third-order valence-electron chi connectivity index (χ3n) is 11.6. The molecule has 0 radical (unpaired) electrons. The summed E-state index contributed by atoms with van der Waals surface area (Å²) in [5.41, 5.74) is 11.3. The number of para-hydroxylation sites is 3. The summed E-state index contributed by atoms with van der Waals surface area (Å²) >= 11 is 0. The van der Waals surface area contributed by atoms with Crippen molar-refractivity contribution in [2.45, 2.75) is 0 Å². The summed E-state index contributed by atoms with van der Waals surface area (Å²) in [7, 11) is 0. The summed E-state index contributed by atoms with van der Waals surface area (Å²) in [6.45, 7) is 0. The second-order valence-corrected chi connectivity index (χ2v) is 15.2. The number of rotatable bonds is 6. The molecule has 2 aromatic heterocycles. The normalized spacial score (nSPS) is 12.0. The van der Waals surface area contributed by atoms with Crippen LogP contribution in [0.1, 0.15) is 0 Å². The Balaban J connectivity index is 1.10. The fourth-order valence-electron chi connectivity index (χ4n) is 8.81. The van der Waals surface area contributed by atoms with Gasteiger partial charge in [-0.05, 0) is 81.6 Å². The molecule has 0 bridgehead atoms. The maximum absolute atomic E-state index is 6.55. The zero-order valence-corrected chi connectivity index (χ0v) is 32.9. The molecule has 6 heteroatoms. The van der Waals surface area contributed by atoms with E-state index in [4.69, 9.17) is 19.7 Å². The van der Waals surface area contributed by atoms with Crippen LogP contribution in [0.5, 0.6) is 11.5 Å². The summed E-state index contributed by atoms with van der Waals surface area (Å²) in [5, 5.41) is 4.58. The summed E-state index contributed by atoms with van der Waals surface area (Å²) < 4.78 is 8.77. The van der Waals surface area contributed by atoms with Gasteiger partial charge in [0.25, 0.3) is 0 Å². The second kappa shape index (κ2) is 14.2. The number of fused-ring (bicyclic) bond motifs is 7. The zero-order valence-electron chi connectivity index (χ0n) is 32.9. The average Bonchev–Trinajstić information content (AvgIpc) is 3.69. The van der Waals surface area contributed by atoms with Crippen LogP contribution in [0.2, 0.25) is 0 Å². The van der Waals surface area contributed by atoms with Gasteiger partial charge in [0, 0.05) is 27.6 Å². The van der Waals surface area contributed by atoms with Gasteiger partial charge in [-0.3, -0.25) is 4.57 Å². The largest absolute Gasteiger partial charge is 0.453 e. The Morgan fingerprint density at radius 1 is 0.377 bits per heavy atom. The van der Waals surface area contributed by atoms with Crippen LogP contribution >= 0.6 is 0 Å². The number of ether oxygens (including phenoxy) is 1. The minimum absolute atomic E-state index is 0.550. The van der Waals surface area contributed by atoms with Crippen LogP contribution in [-0.2, 0) is 0 Å². The van der Waals surface area contributed by atoms with Crippen molar-refractivity contribution in [3.8, 4) is 62.5 Å². The van der Waals surface area contributed by atoms with E-state index >= 15 is 0 Å². The highest BCUT2D eigenvalue weighted by molar-refractivity contribution is 6.25. The third-order valence-corrected chi connectivity index (χ3v) is 11.6. The molecule has 6 nitrogen and oxygen atoms in total. The van der Waals surface area contributed by atoms with E-state index in [1.807, 2.05) is 42.5 Å². The van der Waals surface area contributed by atoms with E-state index in [0.717, 1.165) is 94.5 Å². The molecule has 1 aliphatic rings. The fraction of sp³-hybridized carbons (Fsp3) is 0. The van der Waals surface area contributed by atoms with Gasteiger partial charge in [0.2, 0.25) is 5.95 Å². The highest BCUT2D eigenvalue weighted by Crippen LogP contribution is 2.52. The van der Waals surface area contributed by atoms with Gasteiger partial charge < -0.3 is 9.64 Å². The summed E-state index contributed by atoms with van der Waals surface area (Å²) in [6.07, 6.45) is 0. The van der Waals surface area contributed by atoms with Gasteiger partial charge in [0.05, 0.1) is 22.4 Å². The first-order valence-electron chi connectivity index (χ1n) is 20.4. The van der Waals surface area contributed by atoms with Crippen LogP contribution in [0.25, 0.3) is 83.6 Å². The average molecular weight is 782 g/mol. The summed E-state index contributed by atoms with van der Waals surface area (Å²) in [4.78, 5) is 17.9. The van der Waals surface area contributed by atoms with Crippen molar-refractivity contribution in [1.82, 2.24) is 19.5 Å². The Morgan fingerprint density at radius 3 is 1.75 bits per heavy atom. The number of benzene rings is 9. The van der Waals surface area contributed by atoms with Crippen LogP contribution in [0.4, 0.5) is 17.1 Å². The van der Waals surface area contributed by atoms with Crippen molar-refractivity contribution in [1.29, 1.82) is 0 Å². The maximum Gasteiger partial charge on any atom is 0.238 e. The lowest BCUT2D eigenvalue weighted by Crippen LogP contribution is -2.15. The van der Waals surface area contributed by atoms with Crippen molar-refractivity contribution in [3.05, 3.63) is 212 Å². The molecule has 0 N–H and O–H groups in total. The molecule has 0 fully saturated rings. The highest BCUT2D eigenvalue weighted by atomic mass is 16.5. The first-order valence-corrected chi connectivity index (χ1v) is 20.4. The predicted molar refractivity (Wildman–Crippen MR) is 248 cm³/mol. The van der Waals surface area contributed by atoms with Gasteiger partial charge in [0.15, 0.2) is 23.1 Å². The first kappa shape index (κ1) is 34.7. The molecule has 0 saturated carbocycles. The minimum atomic E-state index is 0.550. The van der Waals surface area contributed by atoms with E-state index in [0.29, 0.717) is 17.6 Å². The Morgan fingerprint density at radius 2 is 0.967 bits per heavy atom. The number of aromatic nitrogens is 4. The Kier molecular flexibility index (Phi) is 8.06. The number of hydrogen-bond acceptors (Lipinski definition) is 5. The molecular weight excluding hydrogens is 747 g/mol. The summed E-state index contributed by atoms with van der Waals surface area (Å²) in [6, 6.07) is 73.8. The zero-order chi connectivity index (χ0) is 40.3.